The molecule has 1 fully saturated rings. The normalized spacial score (nSPS) is 22.2. The lowest BCUT2D eigenvalue weighted by Gasteiger charge is -2.31. The predicted molar refractivity (Wildman–Crippen MR) is 59.3 cm³/mol. The van der Waals surface area contributed by atoms with E-state index in [2.05, 4.69) is 9.88 Å². The average Bonchev–Trinajstić information content (AvgIpc) is 2.29. The van der Waals surface area contributed by atoms with Gasteiger partial charge in [0.05, 0.1) is 6.20 Å². The number of rotatable bonds is 3. The van der Waals surface area contributed by atoms with Gasteiger partial charge in [-0.3, -0.25) is 9.88 Å². The highest BCUT2D eigenvalue weighted by atomic mass is 19.1. The zero-order chi connectivity index (χ0) is 11.4. The molecule has 88 valence electrons. The molecule has 0 radical (unpaired) electrons. The molecule has 1 aromatic rings. The Bertz CT molecular complexity index is 346. The molecule has 0 aliphatic carbocycles. The molecule has 0 bridgehead atoms. The van der Waals surface area contributed by atoms with Crippen LogP contribution < -0.4 is 0 Å². The molecule has 0 unspecified atom stereocenters. The number of halogens is 1. The van der Waals surface area contributed by atoms with Crippen molar-refractivity contribution in [2.75, 3.05) is 19.7 Å². The van der Waals surface area contributed by atoms with Crippen molar-refractivity contribution >= 4 is 0 Å². The Morgan fingerprint density at radius 1 is 1.50 bits per heavy atom. The van der Waals surface area contributed by atoms with Gasteiger partial charge in [0, 0.05) is 25.9 Å². The zero-order valence-corrected chi connectivity index (χ0v) is 9.27. The van der Waals surface area contributed by atoms with Crippen LogP contribution >= 0.6 is 0 Å². The van der Waals surface area contributed by atoms with E-state index in [1.807, 2.05) is 0 Å². The van der Waals surface area contributed by atoms with Crippen molar-refractivity contribution in [2.24, 2.45) is 5.92 Å². The lowest BCUT2D eigenvalue weighted by Crippen LogP contribution is -2.36. The van der Waals surface area contributed by atoms with Gasteiger partial charge < -0.3 is 5.11 Å². The molecular formula is C12H17FN2O. The van der Waals surface area contributed by atoms with E-state index in [0.29, 0.717) is 5.92 Å². The Morgan fingerprint density at radius 3 is 3.12 bits per heavy atom. The highest BCUT2D eigenvalue weighted by Gasteiger charge is 2.19. The Kier molecular flexibility index (Phi) is 3.85. The minimum absolute atomic E-state index is 0.248. The van der Waals surface area contributed by atoms with Gasteiger partial charge in [-0.2, -0.15) is 0 Å². The molecule has 3 nitrogen and oxygen atoms in total. The lowest BCUT2D eigenvalue weighted by atomic mass is 9.99. The Labute approximate surface area is 94.9 Å². The smallest absolute Gasteiger partial charge is 0.141 e. The van der Waals surface area contributed by atoms with Gasteiger partial charge in [-0.25, -0.2) is 4.39 Å². The van der Waals surface area contributed by atoms with E-state index in [1.165, 1.54) is 12.3 Å². The molecule has 0 spiro atoms. The monoisotopic (exact) mass is 224 g/mol. The Morgan fingerprint density at radius 2 is 2.38 bits per heavy atom. The maximum atomic E-state index is 12.9. The second-order valence-electron chi connectivity index (χ2n) is 4.44. The number of aliphatic hydroxyl groups is 1. The Hall–Kier alpha value is -1.00. The second kappa shape index (κ2) is 5.37. The summed E-state index contributed by atoms with van der Waals surface area (Å²) in [6.07, 6.45) is 5.12. The summed E-state index contributed by atoms with van der Waals surface area (Å²) >= 11 is 0. The van der Waals surface area contributed by atoms with E-state index in [4.69, 9.17) is 5.11 Å². The number of hydrogen-bond donors (Lipinski definition) is 1. The van der Waals surface area contributed by atoms with Crippen LogP contribution in [0, 0.1) is 11.7 Å². The molecule has 16 heavy (non-hydrogen) atoms. The van der Waals surface area contributed by atoms with Gasteiger partial charge in [-0.05, 0) is 36.9 Å². The number of piperidine rings is 1. The van der Waals surface area contributed by atoms with Gasteiger partial charge in [-0.1, -0.05) is 0 Å². The highest BCUT2D eigenvalue weighted by molar-refractivity contribution is 5.10. The standard InChI is InChI=1S/C12H17FN2O/c13-12-4-11(5-14-6-12)8-15-3-1-2-10(7-15)9-16/h4-6,10,16H,1-3,7-9H2/t10-/m0/s1. The van der Waals surface area contributed by atoms with Crippen molar-refractivity contribution in [3.05, 3.63) is 29.8 Å². The molecule has 0 amide bonds. The van der Waals surface area contributed by atoms with E-state index < -0.39 is 0 Å². The van der Waals surface area contributed by atoms with Crippen molar-refractivity contribution in [1.29, 1.82) is 0 Å². The lowest BCUT2D eigenvalue weighted by molar-refractivity contribution is 0.115. The van der Waals surface area contributed by atoms with Crippen LogP contribution in [0.25, 0.3) is 0 Å². The fourth-order valence-corrected chi connectivity index (χ4v) is 2.24. The number of nitrogens with zero attached hydrogens (tertiary/aromatic N) is 2. The number of aliphatic hydroxyl groups excluding tert-OH is 1. The summed E-state index contributed by atoms with van der Waals surface area (Å²) in [5.74, 6) is 0.0866. The van der Waals surface area contributed by atoms with E-state index in [1.54, 1.807) is 6.20 Å². The van der Waals surface area contributed by atoms with E-state index in [0.717, 1.165) is 38.0 Å². The number of pyridine rings is 1. The van der Waals surface area contributed by atoms with Gasteiger partial charge >= 0.3 is 0 Å². The van der Waals surface area contributed by atoms with Crippen molar-refractivity contribution in [3.8, 4) is 0 Å². The molecule has 2 rings (SSSR count). The van der Waals surface area contributed by atoms with Crippen LogP contribution in [0.5, 0.6) is 0 Å². The highest BCUT2D eigenvalue weighted by Crippen LogP contribution is 2.17. The van der Waals surface area contributed by atoms with Crippen molar-refractivity contribution in [1.82, 2.24) is 9.88 Å². The average molecular weight is 224 g/mol. The fraction of sp³-hybridized carbons (Fsp3) is 0.583. The minimum atomic E-state index is -0.284. The zero-order valence-electron chi connectivity index (χ0n) is 9.27. The van der Waals surface area contributed by atoms with Gasteiger partial charge in [0.25, 0.3) is 0 Å². The van der Waals surface area contributed by atoms with Gasteiger partial charge in [0.15, 0.2) is 0 Å². The first-order valence-electron chi connectivity index (χ1n) is 5.70. The largest absolute Gasteiger partial charge is 0.396 e. The second-order valence-corrected chi connectivity index (χ2v) is 4.44. The molecule has 4 heteroatoms. The number of aromatic nitrogens is 1. The summed E-state index contributed by atoms with van der Waals surface area (Å²) in [7, 11) is 0. The summed E-state index contributed by atoms with van der Waals surface area (Å²) in [5.41, 5.74) is 0.901. The molecule has 1 saturated heterocycles. The van der Waals surface area contributed by atoms with Gasteiger partial charge in [-0.15, -0.1) is 0 Å². The van der Waals surface area contributed by atoms with E-state index >= 15 is 0 Å². The number of hydrogen-bond acceptors (Lipinski definition) is 3. The molecule has 1 aromatic heterocycles. The molecule has 0 saturated carbocycles. The maximum Gasteiger partial charge on any atom is 0.141 e. The SMILES string of the molecule is OC[C@H]1CCCN(Cc2cncc(F)c2)C1. The maximum absolute atomic E-state index is 12.9. The van der Waals surface area contributed by atoms with E-state index in [9.17, 15) is 4.39 Å². The van der Waals surface area contributed by atoms with Crippen molar-refractivity contribution in [3.63, 3.8) is 0 Å². The van der Waals surface area contributed by atoms with Crippen LogP contribution in [0.4, 0.5) is 4.39 Å². The summed E-state index contributed by atoms with van der Waals surface area (Å²) in [6, 6.07) is 1.52. The van der Waals surface area contributed by atoms with Crippen LogP contribution in [0.1, 0.15) is 18.4 Å². The summed E-state index contributed by atoms with van der Waals surface area (Å²) in [6.45, 7) is 2.89. The molecule has 0 aromatic carbocycles. The van der Waals surface area contributed by atoms with Crippen LogP contribution in [0.3, 0.4) is 0 Å². The molecule has 1 aliphatic heterocycles. The van der Waals surface area contributed by atoms with Crippen molar-refractivity contribution in [2.45, 2.75) is 19.4 Å². The first-order valence-corrected chi connectivity index (χ1v) is 5.70. The van der Waals surface area contributed by atoms with Gasteiger partial charge in [0.1, 0.15) is 5.82 Å². The summed E-state index contributed by atoms with van der Waals surface area (Å²) in [4.78, 5) is 6.09. The first-order chi connectivity index (χ1) is 7.78. The predicted octanol–water partition coefficient (Wildman–Crippen LogP) is 1.43. The third-order valence-electron chi connectivity index (χ3n) is 3.03. The molecule has 1 aliphatic rings. The molecule has 2 heterocycles. The third kappa shape index (κ3) is 3.00. The minimum Gasteiger partial charge on any atom is -0.396 e. The van der Waals surface area contributed by atoms with Crippen LogP contribution in [-0.4, -0.2) is 34.7 Å². The molecule has 1 N–H and O–H groups in total. The Balaban J connectivity index is 1.94. The van der Waals surface area contributed by atoms with Crippen molar-refractivity contribution < 1.29 is 9.50 Å². The van der Waals surface area contributed by atoms with E-state index in [-0.39, 0.29) is 12.4 Å². The third-order valence-corrected chi connectivity index (χ3v) is 3.03. The fourth-order valence-electron chi connectivity index (χ4n) is 2.24. The van der Waals surface area contributed by atoms with Gasteiger partial charge in [0.2, 0.25) is 0 Å². The van der Waals surface area contributed by atoms with Crippen LogP contribution in [-0.2, 0) is 6.54 Å². The summed E-state index contributed by atoms with van der Waals surface area (Å²) in [5, 5.41) is 9.12. The first kappa shape index (κ1) is 11.5. The topological polar surface area (TPSA) is 36.4 Å². The molecule has 1 atom stereocenters. The van der Waals surface area contributed by atoms with Crippen LogP contribution in [0.2, 0.25) is 0 Å². The molecular weight excluding hydrogens is 207 g/mol. The number of likely N-dealkylation sites (tertiary alicyclic amines) is 1. The quantitative estimate of drug-likeness (QED) is 0.843. The van der Waals surface area contributed by atoms with Crippen LogP contribution in [0.15, 0.2) is 18.5 Å². The summed E-state index contributed by atoms with van der Waals surface area (Å²) < 4.78 is 12.9.